The highest BCUT2D eigenvalue weighted by atomic mass is 32.2. The molecule has 148 valence electrons. The lowest BCUT2D eigenvalue weighted by Crippen LogP contribution is -2.49. The molecule has 0 spiro atoms. The fraction of sp³-hybridized carbons (Fsp3) is 0.409. The Hall–Kier alpha value is -2.34. The number of piperidine rings is 1. The molecule has 2 heterocycles. The average Bonchev–Trinajstić information content (AvgIpc) is 2.97. The third-order valence-corrected chi connectivity index (χ3v) is 8.04. The molecule has 2 fully saturated rings. The SMILES string of the molecule is CCOc1ccccc1C(=O)N1[C@@H]2CC[C@@H]1CC(S(=O)(=O)c1ccccc1)C2. The summed E-state index contributed by atoms with van der Waals surface area (Å²) in [6.45, 7) is 2.39. The van der Waals surface area contributed by atoms with E-state index in [9.17, 15) is 13.2 Å². The van der Waals surface area contributed by atoms with Crippen LogP contribution in [0.4, 0.5) is 0 Å². The van der Waals surface area contributed by atoms with Crippen molar-refractivity contribution in [1.82, 2.24) is 4.90 Å². The van der Waals surface area contributed by atoms with E-state index in [1.54, 1.807) is 30.3 Å². The first-order valence-electron chi connectivity index (χ1n) is 9.85. The minimum Gasteiger partial charge on any atom is -0.493 e. The second-order valence-corrected chi connectivity index (χ2v) is 9.71. The molecule has 2 saturated heterocycles. The van der Waals surface area contributed by atoms with Crippen molar-refractivity contribution in [2.45, 2.75) is 54.8 Å². The predicted molar refractivity (Wildman–Crippen MR) is 107 cm³/mol. The Morgan fingerprint density at radius 3 is 2.25 bits per heavy atom. The Morgan fingerprint density at radius 2 is 1.61 bits per heavy atom. The van der Waals surface area contributed by atoms with Crippen LogP contribution in [0.15, 0.2) is 59.5 Å². The lowest BCUT2D eigenvalue weighted by atomic mass is 10.0. The lowest BCUT2D eigenvalue weighted by Gasteiger charge is -2.39. The number of hydrogen-bond acceptors (Lipinski definition) is 4. The molecule has 2 aromatic rings. The summed E-state index contributed by atoms with van der Waals surface area (Å²) in [5, 5.41) is -0.432. The van der Waals surface area contributed by atoms with Gasteiger partial charge in [0.1, 0.15) is 5.75 Å². The minimum absolute atomic E-state index is 0.0376. The standard InChI is InChI=1S/C22H25NO4S/c1-2-27-21-11-7-6-10-20(21)22(24)23-16-12-13-17(23)15-19(14-16)28(25,26)18-8-4-3-5-9-18/h3-11,16-17,19H,2,12-15H2,1H3/t16-,17-/m1/s1. The number of amides is 1. The monoisotopic (exact) mass is 399 g/mol. The van der Waals surface area contributed by atoms with Crippen LogP contribution in [0.1, 0.15) is 43.0 Å². The van der Waals surface area contributed by atoms with Crippen molar-refractivity contribution >= 4 is 15.7 Å². The topological polar surface area (TPSA) is 63.7 Å². The van der Waals surface area contributed by atoms with E-state index in [0.717, 1.165) is 12.8 Å². The van der Waals surface area contributed by atoms with Crippen LogP contribution in [0, 0.1) is 0 Å². The van der Waals surface area contributed by atoms with Crippen LogP contribution < -0.4 is 4.74 Å². The molecule has 1 amide bonds. The smallest absolute Gasteiger partial charge is 0.258 e. The molecule has 2 aliphatic heterocycles. The van der Waals surface area contributed by atoms with Crippen LogP contribution in [-0.4, -0.2) is 43.2 Å². The maximum Gasteiger partial charge on any atom is 0.258 e. The zero-order chi connectivity index (χ0) is 19.7. The van der Waals surface area contributed by atoms with Gasteiger partial charge in [0, 0.05) is 12.1 Å². The lowest BCUT2D eigenvalue weighted by molar-refractivity contribution is 0.0594. The third-order valence-electron chi connectivity index (χ3n) is 5.85. The highest BCUT2D eigenvalue weighted by molar-refractivity contribution is 7.92. The number of ether oxygens (including phenoxy) is 1. The van der Waals surface area contributed by atoms with Gasteiger partial charge in [0.25, 0.3) is 5.91 Å². The maximum atomic E-state index is 13.3. The zero-order valence-electron chi connectivity index (χ0n) is 16.0. The molecule has 2 bridgehead atoms. The predicted octanol–water partition coefficient (Wildman–Crippen LogP) is 3.69. The molecule has 2 aliphatic rings. The van der Waals surface area contributed by atoms with Gasteiger partial charge in [-0.05, 0) is 56.9 Å². The highest BCUT2D eigenvalue weighted by Crippen LogP contribution is 2.41. The number of carbonyl (C=O) groups is 1. The van der Waals surface area contributed by atoms with Crippen molar-refractivity contribution in [1.29, 1.82) is 0 Å². The first-order chi connectivity index (χ1) is 13.5. The molecule has 0 N–H and O–H groups in total. The first-order valence-corrected chi connectivity index (χ1v) is 11.4. The molecule has 28 heavy (non-hydrogen) atoms. The van der Waals surface area contributed by atoms with Crippen molar-refractivity contribution in [3.8, 4) is 5.75 Å². The van der Waals surface area contributed by atoms with E-state index < -0.39 is 15.1 Å². The summed E-state index contributed by atoms with van der Waals surface area (Å²) in [5.41, 5.74) is 0.561. The van der Waals surface area contributed by atoms with Crippen molar-refractivity contribution < 1.29 is 17.9 Å². The summed E-state index contributed by atoms with van der Waals surface area (Å²) in [5.74, 6) is 0.542. The zero-order valence-corrected chi connectivity index (χ0v) is 16.8. The molecule has 6 heteroatoms. The number of hydrogen-bond donors (Lipinski definition) is 0. The highest BCUT2D eigenvalue weighted by Gasteiger charge is 2.47. The van der Waals surface area contributed by atoms with Crippen molar-refractivity contribution in [3.05, 3.63) is 60.2 Å². The normalized spacial score (nSPS) is 24.2. The molecular weight excluding hydrogens is 374 g/mol. The first kappa shape index (κ1) is 19.0. The van der Waals surface area contributed by atoms with E-state index in [-0.39, 0.29) is 18.0 Å². The number of nitrogens with zero attached hydrogens (tertiary/aromatic N) is 1. The van der Waals surface area contributed by atoms with E-state index in [4.69, 9.17) is 4.74 Å². The number of sulfone groups is 1. The molecule has 0 aromatic heterocycles. The van der Waals surface area contributed by atoms with Gasteiger partial charge in [0.05, 0.1) is 22.3 Å². The van der Waals surface area contributed by atoms with Gasteiger partial charge in [-0.3, -0.25) is 4.79 Å². The van der Waals surface area contributed by atoms with Crippen molar-refractivity contribution in [3.63, 3.8) is 0 Å². The van der Waals surface area contributed by atoms with Gasteiger partial charge >= 0.3 is 0 Å². The van der Waals surface area contributed by atoms with Crippen LogP contribution in [0.25, 0.3) is 0 Å². The van der Waals surface area contributed by atoms with Gasteiger partial charge in [-0.25, -0.2) is 8.42 Å². The number of rotatable bonds is 5. The van der Waals surface area contributed by atoms with Gasteiger partial charge in [-0.2, -0.15) is 0 Å². The fourth-order valence-corrected chi connectivity index (χ4v) is 6.45. The summed E-state index contributed by atoms with van der Waals surface area (Å²) in [7, 11) is -3.38. The fourth-order valence-electron chi connectivity index (χ4n) is 4.58. The van der Waals surface area contributed by atoms with Crippen LogP contribution in [0.5, 0.6) is 5.75 Å². The Kier molecular flexibility index (Phi) is 5.15. The van der Waals surface area contributed by atoms with E-state index in [0.29, 0.717) is 35.7 Å². The van der Waals surface area contributed by atoms with Crippen LogP contribution in [0.3, 0.4) is 0 Å². The molecule has 0 unspecified atom stereocenters. The Balaban J connectivity index is 1.58. The van der Waals surface area contributed by atoms with E-state index in [2.05, 4.69) is 0 Å². The minimum atomic E-state index is -3.38. The van der Waals surface area contributed by atoms with Gasteiger partial charge in [-0.1, -0.05) is 30.3 Å². The van der Waals surface area contributed by atoms with Crippen LogP contribution >= 0.6 is 0 Å². The summed E-state index contributed by atoms with van der Waals surface area (Å²) in [6, 6.07) is 15.9. The van der Waals surface area contributed by atoms with Crippen molar-refractivity contribution in [2.24, 2.45) is 0 Å². The molecule has 2 atom stereocenters. The molecular formula is C22H25NO4S. The quantitative estimate of drug-likeness (QED) is 0.769. The Bertz CT molecular complexity index is 944. The second-order valence-electron chi connectivity index (χ2n) is 7.48. The summed E-state index contributed by atoms with van der Waals surface area (Å²) >= 11 is 0. The maximum absolute atomic E-state index is 13.3. The molecule has 5 nitrogen and oxygen atoms in total. The van der Waals surface area contributed by atoms with E-state index >= 15 is 0 Å². The van der Waals surface area contributed by atoms with Gasteiger partial charge in [0.15, 0.2) is 9.84 Å². The molecule has 0 radical (unpaired) electrons. The second kappa shape index (κ2) is 7.59. The molecule has 4 rings (SSSR count). The number of benzene rings is 2. The summed E-state index contributed by atoms with van der Waals surface area (Å²) in [4.78, 5) is 15.6. The Morgan fingerprint density at radius 1 is 1.00 bits per heavy atom. The van der Waals surface area contributed by atoms with Gasteiger partial charge in [0.2, 0.25) is 0 Å². The third kappa shape index (κ3) is 3.30. The molecule has 0 saturated carbocycles. The Labute approximate surface area is 166 Å². The van der Waals surface area contributed by atoms with Crippen LogP contribution in [0.2, 0.25) is 0 Å². The summed E-state index contributed by atoms with van der Waals surface area (Å²) < 4.78 is 31.8. The largest absolute Gasteiger partial charge is 0.493 e. The number of para-hydroxylation sites is 1. The molecule has 2 aromatic carbocycles. The van der Waals surface area contributed by atoms with Crippen LogP contribution in [-0.2, 0) is 9.84 Å². The number of fused-ring (bicyclic) bond motifs is 2. The van der Waals surface area contributed by atoms with Gasteiger partial charge in [-0.15, -0.1) is 0 Å². The van der Waals surface area contributed by atoms with E-state index in [1.807, 2.05) is 36.1 Å². The van der Waals surface area contributed by atoms with E-state index in [1.165, 1.54) is 0 Å². The van der Waals surface area contributed by atoms with Gasteiger partial charge < -0.3 is 9.64 Å². The molecule has 0 aliphatic carbocycles. The average molecular weight is 400 g/mol. The summed E-state index contributed by atoms with van der Waals surface area (Å²) in [6.07, 6.45) is 2.70. The number of carbonyl (C=O) groups excluding carboxylic acids is 1. The van der Waals surface area contributed by atoms with Crippen molar-refractivity contribution in [2.75, 3.05) is 6.61 Å².